The van der Waals surface area contributed by atoms with E-state index in [0.29, 0.717) is 12.1 Å². The van der Waals surface area contributed by atoms with Crippen LogP contribution < -0.4 is 11.1 Å². The standard InChI is InChI=1S/C15H15BrN2O2/c16-11-6-7-14(19)13(9-11)18-15(20)12(17)8-10-4-2-1-3-5-10/h1-7,9,12,19H,8,17H2,(H,18,20)/t12-/m0/s1. The summed E-state index contributed by atoms with van der Waals surface area (Å²) in [6.45, 7) is 0. The molecule has 0 saturated heterocycles. The third-order valence-corrected chi connectivity index (χ3v) is 3.34. The van der Waals surface area contributed by atoms with E-state index >= 15 is 0 Å². The van der Waals surface area contributed by atoms with Crippen molar-refractivity contribution in [3.63, 3.8) is 0 Å². The molecule has 0 aromatic heterocycles. The number of phenolic OH excluding ortho intramolecular Hbond substituents is 1. The third kappa shape index (κ3) is 3.82. The van der Waals surface area contributed by atoms with Crippen LogP contribution in [-0.2, 0) is 11.2 Å². The molecule has 2 rings (SSSR count). The molecule has 0 spiro atoms. The number of benzene rings is 2. The summed E-state index contributed by atoms with van der Waals surface area (Å²) in [6, 6.07) is 13.7. The van der Waals surface area contributed by atoms with Crippen LogP contribution in [0.1, 0.15) is 5.56 Å². The molecule has 0 heterocycles. The topological polar surface area (TPSA) is 75.4 Å². The van der Waals surface area contributed by atoms with E-state index in [1.165, 1.54) is 6.07 Å². The molecular formula is C15H15BrN2O2. The third-order valence-electron chi connectivity index (χ3n) is 2.85. The summed E-state index contributed by atoms with van der Waals surface area (Å²) in [5.74, 6) is -0.323. The molecule has 5 heteroatoms. The van der Waals surface area contributed by atoms with Crippen molar-refractivity contribution >= 4 is 27.5 Å². The number of amides is 1. The first-order valence-corrected chi connectivity index (χ1v) is 6.94. The Morgan fingerprint density at radius 1 is 1.25 bits per heavy atom. The second kappa shape index (κ2) is 6.54. The predicted molar refractivity (Wildman–Crippen MR) is 82.6 cm³/mol. The molecule has 104 valence electrons. The Morgan fingerprint density at radius 2 is 1.95 bits per heavy atom. The first kappa shape index (κ1) is 14.6. The highest BCUT2D eigenvalue weighted by Crippen LogP contribution is 2.26. The number of anilines is 1. The van der Waals surface area contributed by atoms with E-state index in [9.17, 15) is 9.90 Å². The van der Waals surface area contributed by atoms with Gasteiger partial charge in [-0.2, -0.15) is 0 Å². The maximum atomic E-state index is 12.0. The summed E-state index contributed by atoms with van der Waals surface area (Å²) in [5.41, 5.74) is 7.21. The minimum Gasteiger partial charge on any atom is -0.506 e. The van der Waals surface area contributed by atoms with Crippen LogP contribution in [0, 0.1) is 0 Å². The van der Waals surface area contributed by atoms with Crippen LogP contribution in [0.3, 0.4) is 0 Å². The lowest BCUT2D eigenvalue weighted by Gasteiger charge is -2.13. The number of halogens is 1. The van der Waals surface area contributed by atoms with Crippen LogP contribution in [0.15, 0.2) is 53.0 Å². The Balaban J connectivity index is 2.02. The van der Waals surface area contributed by atoms with Gasteiger partial charge in [0.1, 0.15) is 5.75 Å². The second-order valence-electron chi connectivity index (χ2n) is 4.45. The molecule has 0 saturated carbocycles. The average molecular weight is 335 g/mol. The van der Waals surface area contributed by atoms with Crippen LogP contribution in [0.5, 0.6) is 5.75 Å². The Morgan fingerprint density at radius 3 is 2.65 bits per heavy atom. The highest BCUT2D eigenvalue weighted by molar-refractivity contribution is 9.10. The van der Waals surface area contributed by atoms with E-state index in [2.05, 4.69) is 21.2 Å². The van der Waals surface area contributed by atoms with Gasteiger partial charge in [-0.3, -0.25) is 4.79 Å². The summed E-state index contributed by atoms with van der Waals surface area (Å²) in [5, 5.41) is 12.3. The molecule has 4 nitrogen and oxygen atoms in total. The predicted octanol–water partition coefficient (Wildman–Crippen LogP) is 2.66. The molecule has 2 aromatic rings. The van der Waals surface area contributed by atoms with Crippen molar-refractivity contribution in [2.24, 2.45) is 5.73 Å². The molecule has 0 fully saturated rings. The molecule has 0 radical (unpaired) electrons. The van der Waals surface area contributed by atoms with E-state index < -0.39 is 6.04 Å². The number of nitrogens with one attached hydrogen (secondary N) is 1. The fourth-order valence-electron chi connectivity index (χ4n) is 1.79. The van der Waals surface area contributed by atoms with Crippen molar-refractivity contribution < 1.29 is 9.90 Å². The lowest BCUT2D eigenvalue weighted by Crippen LogP contribution is -2.37. The molecule has 0 aliphatic rings. The van der Waals surface area contributed by atoms with E-state index in [0.717, 1.165) is 10.0 Å². The Hall–Kier alpha value is -1.85. The van der Waals surface area contributed by atoms with Crippen LogP contribution in [0.25, 0.3) is 0 Å². The fraction of sp³-hybridized carbons (Fsp3) is 0.133. The van der Waals surface area contributed by atoms with Crippen molar-refractivity contribution in [1.82, 2.24) is 0 Å². The monoisotopic (exact) mass is 334 g/mol. The SMILES string of the molecule is N[C@@H](Cc1ccccc1)C(=O)Nc1cc(Br)ccc1O. The molecular weight excluding hydrogens is 320 g/mol. The van der Waals surface area contributed by atoms with Crippen molar-refractivity contribution in [2.75, 3.05) is 5.32 Å². The van der Waals surface area contributed by atoms with Gasteiger partial charge in [-0.15, -0.1) is 0 Å². The zero-order valence-corrected chi connectivity index (χ0v) is 12.3. The minimum atomic E-state index is -0.671. The molecule has 1 amide bonds. The normalized spacial score (nSPS) is 11.9. The highest BCUT2D eigenvalue weighted by atomic mass is 79.9. The van der Waals surface area contributed by atoms with Gasteiger partial charge in [0.2, 0.25) is 5.91 Å². The van der Waals surface area contributed by atoms with Gasteiger partial charge in [-0.25, -0.2) is 0 Å². The van der Waals surface area contributed by atoms with Crippen LogP contribution in [0.4, 0.5) is 5.69 Å². The number of phenols is 1. The first-order chi connectivity index (χ1) is 9.56. The van der Waals surface area contributed by atoms with Crippen molar-refractivity contribution in [1.29, 1.82) is 0 Å². The smallest absolute Gasteiger partial charge is 0.241 e. The highest BCUT2D eigenvalue weighted by Gasteiger charge is 2.15. The number of nitrogens with two attached hydrogens (primary N) is 1. The van der Waals surface area contributed by atoms with Gasteiger partial charge in [0.15, 0.2) is 0 Å². The Labute approximate surface area is 125 Å². The maximum absolute atomic E-state index is 12.0. The lowest BCUT2D eigenvalue weighted by atomic mass is 10.1. The molecule has 0 aliphatic heterocycles. The molecule has 20 heavy (non-hydrogen) atoms. The summed E-state index contributed by atoms with van der Waals surface area (Å²) in [4.78, 5) is 12.0. The minimum absolute atomic E-state index is 0.00783. The Kier molecular flexibility index (Phi) is 4.76. The quantitative estimate of drug-likeness (QED) is 0.752. The molecule has 0 aliphatic carbocycles. The van der Waals surface area contributed by atoms with E-state index in [4.69, 9.17) is 5.73 Å². The molecule has 0 unspecified atom stereocenters. The number of carbonyl (C=O) groups is 1. The van der Waals surface area contributed by atoms with E-state index in [1.54, 1.807) is 12.1 Å². The van der Waals surface area contributed by atoms with Crippen molar-refractivity contribution in [3.05, 3.63) is 58.6 Å². The van der Waals surface area contributed by atoms with Gasteiger partial charge in [0.05, 0.1) is 11.7 Å². The lowest BCUT2D eigenvalue weighted by molar-refractivity contribution is -0.117. The first-order valence-electron chi connectivity index (χ1n) is 6.15. The zero-order chi connectivity index (χ0) is 14.5. The van der Waals surface area contributed by atoms with Crippen LogP contribution >= 0.6 is 15.9 Å². The van der Waals surface area contributed by atoms with Crippen molar-refractivity contribution in [2.45, 2.75) is 12.5 Å². The van der Waals surface area contributed by atoms with E-state index in [-0.39, 0.29) is 11.7 Å². The van der Waals surface area contributed by atoms with Crippen molar-refractivity contribution in [3.8, 4) is 5.75 Å². The van der Waals surface area contributed by atoms with Crippen LogP contribution in [-0.4, -0.2) is 17.1 Å². The number of hydrogen-bond donors (Lipinski definition) is 3. The summed E-state index contributed by atoms with van der Waals surface area (Å²) < 4.78 is 0.766. The summed E-state index contributed by atoms with van der Waals surface area (Å²) >= 11 is 3.28. The van der Waals surface area contributed by atoms with Gasteiger partial charge in [-0.1, -0.05) is 46.3 Å². The van der Waals surface area contributed by atoms with Gasteiger partial charge < -0.3 is 16.2 Å². The molecule has 1 atom stereocenters. The average Bonchev–Trinajstić information content (AvgIpc) is 2.44. The molecule has 0 bridgehead atoms. The van der Waals surface area contributed by atoms with Gasteiger partial charge in [0.25, 0.3) is 0 Å². The maximum Gasteiger partial charge on any atom is 0.241 e. The van der Waals surface area contributed by atoms with E-state index in [1.807, 2.05) is 30.3 Å². The number of hydrogen-bond acceptors (Lipinski definition) is 3. The number of rotatable bonds is 4. The molecule has 2 aromatic carbocycles. The number of aromatic hydroxyl groups is 1. The zero-order valence-electron chi connectivity index (χ0n) is 10.7. The van der Waals surface area contributed by atoms with Gasteiger partial charge in [-0.05, 0) is 30.2 Å². The summed E-state index contributed by atoms with van der Waals surface area (Å²) in [6.07, 6.45) is 0.446. The summed E-state index contributed by atoms with van der Waals surface area (Å²) in [7, 11) is 0. The number of carbonyl (C=O) groups excluding carboxylic acids is 1. The Bertz CT molecular complexity index is 602. The molecule has 4 N–H and O–H groups in total. The van der Waals surface area contributed by atoms with Gasteiger partial charge >= 0.3 is 0 Å². The largest absolute Gasteiger partial charge is 0.506 e. The second-order valence-corrected chi connectivity index (χ2v) is 5.36. The van der Waals surface area contributed by atoms with Crippen LogP contribution in [0.2, 0.25) is 0 Å². The fourth-order valence-corrected chi connectivity index (χ4v) is 2.16. The van der Waals surface area contributed by atoms with Gasteiger partial charge in [0, 0.05) is 4.47 Å².